The first-order chi connectivity index (χ1) is 12.1. The number of methoxy groups -OCH3 is 1. The van der Waals surface area contributed by atoms with Crippen LogP contribution in [0.5, 0.6) is 5.75 Å². The van der Waals surface area contributed by atoms with E-state index in [1.807, 2.05) is 29.2 Å². The Morgan fingerprint density at radius 3 is 2.70 bits per heavy atom. The van der Waals surface area contributed by atoms with Crippen molar-refractivity contribution in [2.24, 2.45) is 11.7 Å². The number of nitrogens with two attached hydrogens (primary N) is 1. The molecule has 2 atom stereocenters. The van der Waals surface area contributed by atoms with E-state index in [1.165, 1.54) is 11.3 Å². The van der Waals surface area contributed by atoms with Crippen LogP contribution >= 0.6 is 36.2 Å². The van der Waals surface area contributed by atoms with Crippen LogP contribution in [-0.4, -0.2) is 42.0 Å². The highest BCUT2D eigenvalue weighted by Crippen LogP contribution is 2.26. The molecule has 1 aromatic carbocycles. The van der Waals surface area contributed by atoms with E-state index in [0.29, 0.717) is 23.3 Å². The Hall–Kier alpha value is -1.54. The second-order valence-electron chi connectivity index (χ2n) is 6.41. The Morgan fingerprint density at radius 2 is 2.07 bits per heavy atom. The van der Waals surface area contributed by atoms with Gasteiger partial charge in [0.2, 0.25) is 0 Å². The molecule has 0 bridgehead atoms. The highest BCUT2D eigenvalue weighted by atomic mass is 35.5. The number of carbonyl (C=O) groups is 1. The van der Waals surface area contributed by atoms with Crippen LogP contribution in [0.1, 0.15) is 30.3 Å². The van der Waals surface area contributed by atoms with Gasteiger partial charge in [-0.1, -0.05) is 6.92 Å². The zero-order valence-corrected chi connectivity index (χ0v) is 17.8. The molecule has 2 heterocycles. The molecule has 1 aliphatic rings. The summed E-state index contributed by atoms with van der Waals surface area (Å²) >= 11 is 1.42. The molecule has 2 aromatic rings. The molecule has 0 radical (unpaired) electrons. The van der Waals surface area contributed by atoms with Crippen molar-refractivity contribution in [2.45, 2.75) is 25.8 Å². The van der Waals surface area contributed by atoms with Crippen molar-refractivity contribution in [3.63, 3.8) is 0 Å². The highest BCUT2D eigenvalue weighted by molar-refractivity contribution is 7.14. The summed E-state index contributed by atoms with van der Waals surface area (Å²) in [5.41, 5.74) is 7.25. The summed E-state index contributed by atoms with van der Waals surface area (Å²) in [6.45, 7) is 3.46. The summed E-state index contributed by atoms with van der Waals surface area (Å²) in [7, 11) is 1.64. The largest absolute Gasteiger partial charge is 0.497 e. The fourth-order valence-electron chi connectivity index (χ4n) is 3.12. The number of nitrogens with one attached hydrogen (secondary N) is 1. The van der Waals surface area contributed by atoms with Gasteiger partial charge in [-0.25, -0.2) is 4.98 Å². The third-order valence-corrected chi connectivity index (χ3v) is 5.33. The smallest absolute Gasteiger partial charge is 0.273 e. The Morgan fingerprint density at radius 1 is 1.37 bits per heavy atom. The van der Waals surface area contributed by atoms with Crippen molar-refractivity contribution in [3.05, 3.63) is 35.3 Å². The summed E-state index contributed by atoms with van der Waals surface area (Å²) < 4.78 is 5.15. The lowest BCUT2D eigenvalue weighted by Crippen LogP contribution is -2.49. The van der Waals surface area contributed by atoms with Gasteiger partial charge in [0.15, 0.2) is 5.13 Å². The molecule has 1 aliphatic heterocycles. The highest BCUT2D eigenvalue weighted by Gasteiger charge is 2.30. The third kappa shape index (κ3) is 5.72. The van der Waals surface area contributed by atoms with Gasteiger partial charge in [0.25, 0.3) is 5.91 Å². The van der Waals surface area contributed by atoms with Gasteiger partial charge in [0.05, 0.1) is 7.11 Å². The molecule has 3 rings (SSSR count). The van der Waals surface area contributed by atoms with Crippen LogP contribution in [0.2, 0.25) is 0 Å². The number of nitrogens with zero attached hydrogens (tertiary/aromatic N) is 2. The number of aromatic nitrogens is 1. The van der Waals surface area contributed by atoms with Gasteiger partial charge in [-0.3, -0.25) is 4.79 Å². The Balaban J connectivity index is 0.00000182. The lowest BCUT2D eigenvalue weighted by Gasteiger charge is -2.37. The summed E-state index contributed by atoms with van der Waals surface area (Å²) in [5.74, 6) is 1.38. The zero-order valence-electron chi connectivity index (χ0n) is 15.4. The predicted molar refractivity (Wildman–Crippen MR) is 115 cm³/mol. The molecule has 6 nitrogen and oxygen atoms in total. The zero-order chi connectivity index (χ0) is 17.8. The van der Waals surface area contributed by atoms with Gasteiger partial charge in [0.1, 0.15) is 11.4 Å². The second-order valence-corrected chi connectivity index (χ2v) is 7.27. The quantitative estimate of drug-likeness (QED) is 0.747. The first-order valence-electron chi connectivity index (χ1n) is 8.48. The van der Waals surface area contributed by atoms with Crippen LogP contribution in [0.3, 0.4) is 0 Å². The molecular formula is C18H26Cl2N4O2S. The summed E-state index contributed by atoms with van der Waals surface area (Å²) in [6, 6.07) is 7.69. The van der Waals surface area contributed by atoms with Crippen molar-refractivity contribution < 1.29 is 9.53 Å². The van der Waals surface area contributed by atoms with Crippen molar-refractivity contribution in [1.29, 1.82) is 0 Å². The number of piperidine rings is 1. The topological polar surface area (TPSA) is 80.5 Å². The number of anilines is 2. The van der Waals surface area contributed by atoms with Gasteiger partial charge in [-0.05, 0) is 43.0 Å². The molecule has 0 saturated carbocycles. The van der Waals surface area contributed by atoms with Gasteiger partial charge in [-0.15, -0.1) is 36.2 Å². The SMILES string of the molecule is COc1ccc(Nc2nc(C(=O)N3CCC(C)CC3CN)cs2)cc1.Cl.Cl. The molecule has 27 heavy (non-hydrogen) atoms. The molecule has 3 N–H and O–H groups in total. The third-order valence-electron chi connectivity index (χ3n) is 4.58. The van der Waals surface area contributed by atoms with Crippen LogP contribution in [0.4, 0.5) is 10.8 Å². The van der Waals surface area contributed by atoms with E-state index in [9.17, 15) is 4.79 Å². The molecule has 1 saturated heterocycles. The lowest BCUT2D eigenvalue weighted by atomic mass is 9.92. The number of rotatable bonds is 5. The van der Waals surface area contributed by atoms with Crippen LogP contribution in [0.25, 0.3) is 0 Å². The van der Waals surface area contributed by atoms with Gasteiger partial charge in [0, 0.05) is 30.2 Å². The van der Waals surface area contributed by atoms with Crippen LogP contribution in [0, 0.1) is 5.92 Å². The molecule has 1 amide bonds. The van der Waals surface area contributed by atoms with Crippen molar-refractivity contribution in [1.82, 2.24) is 9.88 Å². The number of likely N-dealkylation sites (tertiary alicyclic amines) is 1. The van der Waals surface area contributed by atoms with Gasteiger partial charge < -0.3 is 20.7 Å². The number of carbonyl (C=O) groups excluding carboxylic acids is 1. The molecule has 9 heteroatoms. The van der Waals surface area contributed by atoms with Crippen LogP contribution < -0.4 is 15.8 Å². The van der Waals surface area contributed by atoms with Crippen LogP contribution in [-0.2, 0) is 0 Å². The van der Waals surface area contributed by atoms with E-state index in [2.05, 4.69) is 17.2 Å². The summed E-state index contributed by atoms with van der Waals surface area (Å²) in [5, 5.41) is 5.72. The van der Waals surface area contributed by atoms with E-state index in [0.717, 1.165) is 30.8 Å². The minimum atomic E-state index is -0.0265. The lowest BCUT2D eigenvalue weighted by molar-refractivity contribution is 0.0568. The molecule has 150 valence electrons. The normalized spacial score (nSPS) is 18.9. The standard InChI is InChI=1S/C18H24N4O2S.2ClH/c1-12-7-8-22(14(9-12)10-19)17(23)16-11-25-18(21-16)20-13-3-5-15(24-2)6-4-13;;/h3-6,11-12,14H,7-10,19H2,1-2H3,(H,20,21);2*1H. The fraction of sp³-hybridized carbons (Fsp3) is 0.444. The van der Waals surface area contributed by atoms with Crippen molar-refractivity contribution in [2.75, 3.05) is 25.5 Å². The number of hydrogen-bond acceptors (Lipinski definition) is 6. The van der Waals surface area contributed by atoms with E-state index in [-0.39, 0.29) is 36.8 Å². The number of halogens is 2. The van der Waals surface area contributed by atoms with E-state index < -0.39 is 0 Å². The van der Waals surface area contributed by atoms with E-state index in [1.54, 1.807) is 12.5 Å². The number of hydrogen-bond donors (Lipinski definition) is 2. The monoisotopic (exact) mass is 432 g/mol. The number of thiazole rings is 1. The molecular weight excluding hydrogens is 407 g/mol. The molecule has 1 fully saturated rings. The molecule has 0 spiro atoms. The molecule has 0 aliphatic carbocycles. The van der Waals surface area contributed by atoms with Crippen LogP contribution in [0.15, 0.2) is 29.6 Å². The summed E-state index contributed by atoms with van der Waals surface area (Å²) in [4.78, 5) is 19.1. The maximum atomic E-state index is 12.8. The molecule has 2 unspecified atom stereocenters. The minimum Gasteiger partial charge on any atom is -0.497 e. The van der Waals surface area contributed by atoms with Gasteiger partial charge in [-0.2, -0.15) is 0 Å². The number of benzene rings is 1. The van der Waals surface area contributed by atoms with E-state index >= 15 is 0 Å². The number of ether oxygens (including phenoxy) is 1. The van der Waals surface area contributed by atoms with Crippen molar-refractivity contribution in [3.8, 4) is 5.75 Å². The average molecular weight is 433 g/mol. The first kappa shape index (κ1) is 23.5. The number of amides is 1. The average Bonchev–Trinajstić information content (AvgIpc) is 3.10. The maximum Gasteiger partial charge on any atom is 0.273 e. The Kier molecular flexibility index (Phi) is 9.32. The first-order valence-corrected chi connectivity index (χ1v) is 9.36. The summed E-state index contributed by atoms with van der Waals surface area (Å²) in [6.07, 6.45) is 1.98. The van der Waals surface area contributed by atoms with Crippen molar-refractivity contribution >= 4 is 52.9 Å². The fourth-order valence-corrected chi connectivity index (χ4v) is 3.82. The van der Waals surface area contributed by atoms with Gasteiger partial charge >= 0.3 is 0 Å². The second kappa shape index (κ2) is 10.7. The van der Waals surface area contributed by atoms with E-state index in [4.69, 9.17) is 10.5 Å². The predicted octanol–water partition coefficient (Wildman–Crippen LogP) is 3.94. The molecule has 1 aromatic heterocycles. The Labute approximate surface area is 176 Å². The maximum absolute atomic E-state index is 12.8. The Bertz CT molecular complexity index is 726. The minimum absolute atomic E-state index is 0.